The van der Waals surface area contributed by atoms with Gasteiger partial charge >= 0.3 is 0 Å². The van der Waals surface area contributed by atoms with E-state index in [-0.39, 0.29) is 5.41 Å². The van der Waals surface area contributed by atoms with Gasteiger partial charge in [0.1, 0.15) is 5.82 Å². The molecule has 3 nitrogen and oxygen atoms in total. The third-order valence-corrected chi connectivity index (χ3v) is 5.03. The van der Waals surface area contributed by atoms with E-state index in [0.717, 1.165) is 54.8 Å². The molecule has 0 unspecified atom stereocenters. The molecule has 0 aliphatic carbocycles. The van der Waals surface area contributed by atoms with Gasteiger partial charge in [0, 0.05) is 36.5 Å². The molecule has 0 amide bonds. The predicted molar refractivity (Wildman–Crippen MR) is 90.0 cm³/mol. The number of benzene rings is 1. The van der Waals surface area contributed by atoms with Gasteiger partial charge in [-0.05, 0) is 36.5 Å². The van der Waals surface area contributed by atoms with Gasteiger partial charge in [-0.2, -0.15) is 0 Å². The summed E-state index contributed by atoms with van der Waals surface area (Å²) >= 11 is 9.53. The van der Waals surface area contributed by atoms with Gasteiger partial charge in [0.05, 0.1) is 11.0 Å². The van der Waals surface area contributed by atoms with E-state index < -0.39 is 0 Å². The summed E-state index contributed by atoms with van der Waals surface area (Å²) in [6.07, 6.45) is 3.00. The number of aromatic nitrogens is 2. The summed E-state index contributed by atoms with van der Waals surface area (Å²) in [4.78, 5) is 4.77. The SMILES string of the molecule is CC1(Cn2c(CCCl)nc3ccc(Br)cc32)CCOCC1. The molecule has 2 aromatic rings. The Morgan fingerprint density at radius 3 is 2.86 bits per heavy atom. The minimum atomic E-state index is 0.273. The Morgan fingerprint density at radius 2 is 2.14 bits per heavy atom. The Hall–Kier alpha value is -0.580. The highest BCUT2D eigenvalue weighted by Crippen LogP contribution is 2.34. The van der Waals surface area contributed by atoms with Crippen LogP contribution in [0.5, 0.6) is 0 Å². The lowest BCUT2D eigenvalue weighted by molar-refractivity contribution is 0.0157. The average molecular weight is 372 g/mol. The molecule has 1 aromatic carbocycles. The van der Waals surface area contributed by atoms with E-state index in [2.05, 4.69) is 39.6 Å². The lowest BCUT2D eigenvalue weighted by atomic mass is 9.82. The Morgan fingerprint density at radius 1 is 1.38 bits per heavy atom. The Bertz CT molecular complexity index is 634. The van der Waals surface area contributed by atoms with Crippen molar-refractivity contribution in [3.05, 3.63) is 28.5 Å². The van der Waals surface area contributed by atoms with E-state index in [1.165, 1.54) is 5.52 Å². The van der Waals surface area contributed by atoms with E-state index in [1.54, 1.807) is 0 Å². The van der Waals surface area contributed by atoms with Crippen molar-refractivity contribution in [3.63, 3.8) is 0 Å². The number of hydrogen-bond acceptors (Lipinski definition) is 2. The van der Waals surface area contributed by atoms with Crippen molar-refractivity contribution in [2.24, 2.45) is 5.41 Å². The second kappa shape index (κ2) is 6.27. The molecule has 0 atom stereocenters. The molecule has 1 saturated heterocycles. The third kappa shape index (κ3) is 3.27. The van der Waals surface area contributed by atoms with Crippen molar-refractivity contribution in [1.82, 2.24) is 9.55 Å². The van der Waals surface area contributed by atoms with Crippen molar-refractivity contribution < 1.29 is 4.74 Å². The molecule has 21 heavy (non-hydrogen) atoms. The van der Waals surface area contributed by atoms with Crippen molar-refractivity contribution in [1.29, 1.82) is 0 Å². The van der Waals surface area contributed by atoms with Crippen LogP contribution in [0.25, 0.3) is 11.0 Å². The van der Waals surface area contributed by atoms with Crippen LogP contribution in [0.3, 0.4) is 0 Å². The molecular weight excluding hydrogens is 352 g/mol. The quantitative estimate of drug-likeness (QED) is 0.745. The number of hydrogen-bond donors (Lipinski definition) is 0. The Balaban J connectivity index is 2.01. The summed E-state index contributed by atoms with van der Waals surface area (Å²) in [7, 11) is 0. The highest BCUT2D eigenvalue weighted by atomic mass is 79.9. The number of fused-ring (bicyclic) bond motifs is 1. The van der Waals surface area contributed by atoms with E-state index >= 15 is 0 Å². The Labute approximate surface area is 138 Å². The first-order valence-corrected chi connectivity index (χ1v) is 8.72. The van der Waals surface area contributed by atoms with Crippen LogP contribution in [0.4, 0.5) is 0 Å². The molecule has 1 aliphatic rings. The molecule has 0 spiro atoms. The normalized spacial score (nSPS) is 18.2. The molecule has 114 valence electrons. The summed E-state index contributed by atoms with van der Waals surface area (Å²) in [5, 5.41) is 0. The fourth-order valence-electron chi connectivity index (χ4n) is 3.00. The first kappa shape index (κ1) is 15.3. The zero-order chi connectivity index (χ0) is 14.9. The van der Waals surface area contributed by atoms with Gasteiger partial charge < -0.3 is 9.30 Å². The summed E-state index contributed by atoms with van der Waals surface area (Å²) in [5.74, 6) is 1.69. The largest absolute Gasteiger partial charge is 0.381 e. The van der Waals surface area contributed by atoms with Crippen molar-refractivity contribution in [2.45, 2.75) is 32.7 Å². The first-order chi connectivity index (χ1) is 10.1. The smallest absolute Gasteiger partial charge is 0.111 e. The van der Waals surface area contributed by atoms with Gasteiger partial charge in [0.25, 0.3) is 0 Å². The maximum Gasteiger partial charge on any atom is 0.111 e. The van der Waals surface area contributed by atoms with E-state index in [1.807, 2.05) is 6.07 Å². The highest BCUT2D eigenvalue weighted by Gasteiger charge is 2.29. The average Bonchev–Trinajstić information content (AvgIpc) is 2.77. The second-order valence-corrected chi connectivity index (χ2v) is 7.40. The number of alkyl halides is 1. The Kier molecular flexibility index (Phi) is 4.57. The van der Waals surface area contributed by atoms with Crippen LogP contribution < -0.4 is 0 Å². The van der Waals surface area contributed by atoms with Crippen LogP contribution in [0.1, 0.15) is 25.6 Å². The minimum Gasteiger partial charge on any atom is -0.381 e. The number of imidazole rings is 1. The first-order valence-electron chi connectivity index (χ1n) is 7.40. The summed E-state index contributed by atoms with van der Waals surface area (Å²) in [6, 6.07) is 6.27. The van der Waals surface area contributed by atoms with E-state index in [4.69, 9.17) is 21.3 Å². The van der Waals surface area contributed by atoms with Crippen LogP contribution in [0.2, 0.25) is 0 Å². The lowest BCUT2D eigenvalue weighted by Gasteiger charge is -2.34. The predicted octanol–water partition coefficient (Wildman–Crippen LogP) is 4.40. The van der Waals surface area contributed by atoms with Crippen molar-refractivity contribution in [2.75, 3.05) is 19.1 Å². The monoisotopic (exact) mass is 370 g/mol. The number of nitrogens with zero attached hydrogens (tertiary/aromatic N) is 2. The van der Waals surface area contributed by atoms with Gasteiger partial charge in [0.2, 0.25) is 0 Å². The summed E-state index contributed by atoms with van der Waals surface area (Å²) in [5.41, 5.74) is 2.51. The van der Waals surface area contributed by atoms with Gasteiger partial charge in [-0.1, -0.05) is 22.9 Å². The second-order valence-electron chi connectivity index (χ2n) is 6.11. The van der Waals surface area contributed by atoms with Gasteiger partial charge in [-0.25, -0.2) is 4.98 Å². The maximum atomic E-state index is 5.96. The third-order valence-electron chi connectivity index (χ3n) is 4.35. The topological polar surface area (TPSA) is 27.1 Å². The number of halogens is 2. The zero-order valence-electron chi connectivity index (χ0n) is 12.2. The highest BCUT2D eigenvalue weighted by molar-refractivity contribution is 9.10. The number of aryl methyl sites for hydroxylation is 1. The molecule has 1 aromatic heterocycles. The van der Waals surface area contributed by atoms with Crippen LogP contribution >= 0.6 is 27.5 Å². The molecule has 0 saturated carbocycles. The fourth-order valence-corrected chi connectivity index (χ4v) is 3.52. The summed E-state index contributed by atoms with van der Waals surface area (Å²) < 4.78 is 8.96. The van der Waals surface area contributed by atoms with Crippen LogP contribution in [-0.2, 0) is 17.7 Å². The summed E-state index contributed by atoms with van der Waals surface area (Å²) in [6.45, 7) is 5.05. The number of rotatable bonds is 4. The van der Waals surface area contributed by atoms with Crippen LogP contribution in [0, 0.1) is 5.41 Å². The lowest BCUT2D eigenvalue weighted by Crippen LogP contribution is -2.31. The minimum absolute atomic E-state index is 0.273. The maximum absolute atomic E-state index is 5.96. The van der Waals surface area contributed by atoms with Crippen LogP contribution in [-0.4, -0.2) is 28.6 Å². The molecule has 1 aliphatic heterocycles. The molecule has 0 bridgehead atoms. The van der Waals surface area contributed by atoms with Gasteiger partial charge in [-0.3, -0.25) is 0 Å². The van der Waals surface area contributed by atoms with E-state index in [9.17, 15) is 0 Å². The van der Waals surface area contributed by atoms with Crippen molar-refractivity contribution in [3.8, 4) is 0 Å². The molecule has 2 heterocycles. The van der Waals surface area contributed by atoms with Crippen molar-refractivity contribution >= 4 is 38.6 Å². The van der Waals surface area contributed by atoms with Gasteiger partial charge in [-0.15, -0.1) is 11.6 Å². The molecule has 0 N–H and O–H groups in total. The standard InChI is InChI=1S/C16H20BrClN2O/c1-16(5-8-21-9-6-16)11-20-14-10-12(17)2-3-13(14)19-15(20)4-7-18/h2-3,10H,4-9,11H2,1H3. The zero-order valence-corrected chi connectivity index (χ0v) is 14.6. The molecule has 1 fully saturated rings. The molecule has 0 radical (unpaired) electrons. The van der Waals surface area contributed by atoms with Gasteiger partial charge in [0.15, 0.2) is 0 Å². The molecule has 5 heteroatoms. The molecule has 3 rings (SSSR count). The fraction of sp³-hybridized carbons (Fsp3) is 0.562. The number of ether oxygens (including phenoxy) is 1. The molecular formula is C16H20BrClN2O. The van der Waals surface area contributed by atoms with Crippen LogP contribution in [0.15, 0.2) is 22.7 Å². The van der Waals surface area contributed by atoms with E-state index in [0.29, 0.717) is 5.88 Å².